The van der Waals surface area contributed by atoms with Crippen molar-refractivity contribution in [2.75, 3.05) is 24.3 Å². The van der Waals surface area contributed by atoms with E-state index in [0.717, 1.165) is 16.3 Å². The lowest BCUT2D eigenvalue weighted by Crippen LogP contribution is -2.15. The lowest BCUT2D eigenvalue weighted by molar-refractivity contribution is -0.111. The van der Waals surface area contributed by atoms with E-state index in [-0.39, 0.29) is 28.5 Å². The summed E-state index contributed by atoms with van der Waals surface area (Å²) in [5.74, 6) is -0.208. The van der Waals surface area contributed by atoms with Crippen LogP contribution in [-0.4, -0.2) is 38.5 Å². The minimum atomic E-state index is -3.95. The number of nitrogens with one attached hydrogen (secondary N) is 2. The smallest absolute Gasteiger partial charge is 0.321 e. The Hall–Kier alpha value is -4.44. The highest BCUT2D eigenvalue weighted by Crippen LogP contribution is 2.22. The number of amides is 1. The monoisotopic (exact) mass is 490 g/mol. The number of aromatic nitrogens is 2. The van der Waals surface area contributed by atoms with Gasteiger partial charge in [0.05, 0.1) is 19.1 Å². The van der Waals surface area contributed by atoms with Crippen molar-refractivity contribution in [2.45, 2.75) is 4.90 Å². The second kappa shape index (κ2) is 10.2. The number of rotatable bonds is 8. The number of carbonyl (C=O) groups is 1. The summed E-state index contributed by atoms with van der Waals surface area (Å²) in [6.07, 6.45) is 3.18. The van der Waals surface area contributed by atoms with E-state index in [1.807, 2.05) is 42.5 Å². The normalized spacial score (nSPS) is 11.4. The maximum atomic E-state index is 12.7. The predicted molar refractivity (Wildman–Crippen MR) is 134 cm³/mol. The van der Waals surface area contributed by atoms with Crippen LogP contribution in [0.3, 0.4) is 0 Å². The van der Waals surface area contributed by atoms with E-state index in [9.17, 15) is 13.2 Å². The molecule has 35 heavy (non-hydrogen) atoms. The standard InChI is InChI=1S/C25H22N4O5S/c1-33-24-16-22(27-25(28-24)34-2)29-35(31,32)20-13-11-19(12-14-20)26-23(30)15-10-18-8-5-7-17-6-3-4-9-21(17)18/h3-16H,1-2H3,(H,26,30)(H,27,28,29). The van der Waals surface area contributed by atoms with Crippen molar-refractivity contribution in [3.05, 3.63) is 84.4 Å². The number of anilines is 2. The maximum Gasteiger partial charge on any atom is 0.321 e. The molecule has 1 amide bonds. The minimum absolute atomic E-state index is 0.00958. The van der Waals surface area contributed by atoms with Gasteiger partial charge in [0, 0.05) is 17.8 Å². The van der Waals surface area contributed by atoms with Gasteiger partial charge in [-0.25, -0.2) is 8.42 Å². The van der Waals surface area contributed by atoms with Gasteiger partial charge in [-0.15, -0.1) is 0 Å². The quantitative estimate of drug-likeness (QED) is 0.357. The highest BCUT2D eigenvalue weighted by atomic mass is 32.2. The molecule has 4 aromatic rings. The first-order valence-corrected chi connectivity index (χ1v) is 11.9. The number of benzene rings is 3. The van der Waals surface area contributed by atoms with Crippen molar-refractivity contribution in [1.29, 1.82) is 0 Å². The molecule has 0 bridgehead atoms. The molecule has 1 aromatic heterocycles. The molecule has 0 fully saturated rings. The molecule has 1 heterocycles. The van der Waals surface area contributed by atoms with Crippen LogP contribution in [0.15, 0.2) is 83.8 Å². The second-order valence-electron chi connectivity index (χ2n) is 7.30. The van der Waals surface area contributed by atoms with E-state index in [2.05, 4.69) is 20.0 Å². The summed E-state index contributed by atoms with van der Waals surface area (Å²) >= 11 is 0. The number of methoxy groups -OCH3 is 2. The summed E-state index contributed by atoms with van der Waals surface area (Å²) in [4.78, 5) is 20.3. The van der Waals surface area contributed by atoms with Crippen LogP contribution in [0.4, 0.5) is 11.5 Å². The zero-order chi connectivity index (χ0) is 24.8. The molecule has 0 unspecified atom stereocenters. The topological polar surface area (TPSA) is 120 Å². The Morgan fingerprint density at radius 2 is 1.66 bits per heavy atom. The van der Waals surface area contributed by atoms with Crippen molar-refractivity contribution < 1.29 is 22.7 Å². The summed E-state index contributed by atoms with van der Waals surface area (Å²) in [6.45, 7) is 0. The van der Waals surface area contributed by atoms with Crippen LogP contribution in [0.5, 0.6) is 11.9 Å². The molecule has 2 N–H and O–H groups in total. The molecule has 0 aliphatic heterocycles. The average Bonchev–Trinajstić information content (AvgIpc) is 2.87. The zero-order valence-electron chi connectivity index (χ0n) is 18.9. The van der Waals surface area contributed by atoms with Crippen LogP contribution in [-0.2, 0) is 14.8 Å². The van der Waals surface area contributed by atoms with Gasteiger partial charge in [0.1, 0.15) is 0 Å². The molecule has 9 nitrogen and oxygen atoms in total. The van der Waals surface area contributed by atoms with E-state index in [4.69, 9.17) is 9.47 Å². The summed E-state index contributed by atoms with van der Waals surface area (Å²) in [6, 6.07) is 20.8. The molecule has 0 saturated heterocycles. The molecule has 3 aromatic carbocycles. The number of sulfonamides is 1. The Labute approximate surface area is 202 Å². The third-order valence-corrected chi connectivity index (χ3v) is 6.35. The molecule has 0 atom stereocenters. The number of hydrogen-bond donors (Lipinski definition) is 2. The van der Waals surface area contributed by atoms with Crippen LogP contribution in [0, 0.1) is 0 Å². The molecule has 0 spiro atoms. The minimum Gasteiger partial charge on any atom is -0.481 e. The maximum absolute atomic E-state index is 12.7. The number of ether oxygens (including phenoxy) is 2. The van der Waals surface area contributed by atoms with Crippen LogP contribution in [0.25, 0.3) is 16.8 Å². The molecular weight excluding hydrogens is 468 g/mol. The van der Waals surface area contributed by atoms with Gasteiger partial charge in [-0.1, -0.05) is 42.5 Å². The van der Waals surface area contributed by atoms with Gasteiger partial charge in [-0.2, -0.15) is 9.97 Å². The third-order valence-electron chi connectivity index (χ3n) is 4.98. The van der Waals surface area contributed by atoms with Gasteiger partial charge in [-0.3, -0.25) is 9.52 Å². The predicted octanol–water partition coefficient (Wildman–Crippen LogP) is 4.10. The van der Waals surface area contributed by atoms with Crippen molar-refractivity contribution in [3.63, 3.8) is 0 Å². The Morgan fingerprint density at radius 1 is 0.914 bits per heavy atom. The van der Waals surface area contributed by atoms with E-state index in [1.54, 1.807) is 6.08 Å². The van der Waals surface area contributed by atoms with Crippen molar-refractivity contribution in [1.82, 2.24) is 9.97 Å². The number of fused-ring (bicyclic) bond motifs is 1. The van der Waals surface area contributed by atoms with Gasteiger partial charge >= 0.3 is 6.01 Å². The molecular formula is C25H22N4O5S. The third kappa shape index (κ3) is 5.74. The molecule has 178 valence electrons. The molecule has 0 aliphatic carbocycles. The molecule has 0 radical (unpaired) electrons. The number of nitrogens with zero attached hydrogens (tertiary/aromatic N) is 2. The van der Waals surface area contributed by atoms with Crippen LogP contribution in [0.2, 0.25) is 0 Å². The van der Waals surface area contributed by atoms with E-state index < -0.39 is 10.0 Å². The molecule has 0 aliphatic rings. The summed E-state index contributed by atoms with van der Waals surface area (Å²) in [5, 5.41) is 4.85. The molecule has 10 heteroatoms. The number of hydrogen-bond acceptors (Lipinski definition) is 7. The zero-order valence-corrected chi connectivity index (χ0v) is 19.7. The fraction of sp³-hybridized carbons (Fsp3) is 0.0800. The molecule has 4 rings (SSSR count). The van der Waals surface area contributed by atoms with Crippen LogP contribution in [0.1, 0.15) is 5.56 Å². The van der Waals surface area contributed by atoms with Crippen LogP contribution >= 0.6 is 0 Å². The first-order valence-electron chi connectivity index (χ1n) is 10.4. The Morgan fingerprint density at radius 3 is 2.40 bits per heavy atom. The van der Waals surface area contributed by atoms with E-state index in [0.29, 0.717) is 5.69 Å². The lowest BCUT2D eigenvalue weighted by atomic mass is 10.0. The van der Waals surface area contributed by atoms with Crippen LogP contribution < -0.4 is 19.5 Å². The van der Waals surface area contributed by atoms with E-state index >= 15 is 0 Å². The summed E-state index contributed by atoms with van der Waals surface area (Å²) in [5.41, 5.74) is 1.37. The Balaban J connectivity index is 1.44. The Kier molecular flexibility index (Phi) is 6.93. The van der Waals surface area contributed by atoms with Crippen molar-refractivity contribution in [2.24, 2.45) is 0 Å². The SMILES string of the molecule is COc1cc(NS(=O)(=O)c2ccc(NC(=O)C=Cc3cccc4ccccc34)cc2)nc(OC)n1. The first kappa shape index (κ1) is 23.7. The second-order valence-corrected chi connectivity index (χ2v) is 8.99. The fourth-order valence-electron chi connectivity index (χ4n) is 3.31. The largest absolute Gasteiger partial charge is 0.481 e. The highest BCUT2D eigenvalue weighted by Gasteiger charge is 2.17. The van der Waals surface area contributed by atoms with Gasteiger partial charge in [0.2, 0.25) is 11.8 Å². The van der Waals surface area contributed by atoms with E-state index in [1.165, 1.54) is 50.6 Å². The van der Waals surface area contributed by atoms with Gasteiger partial charge in [0.15, 0.2) is 5.82 Å². The van der Waals surface area contributed by atoms with Crippen molar-refractivity contribution in [3.8, 4) is 11.9 Å². The highest BCUT2D eigenvalue weighted by molar-refractivity contribution is 7.92. The first-order chi connectivity index (χ1) is 16.9. The lowest BCUT2D eigenvalue weighted by Gasteiger charge is -2.10. The average molecular weight is 491 g/mol. The van der Waals surface area contributed by atoms with Gasteiger partial charge in [-0.05, 0) is 46.7 Å². The Bertz CT molecular complexity index is 1470. The summed E-state index contributed by atoms with van der Waals surface area (Å²) in [7, 11) is -1.20. The number of carbonyl (C=O) groups excluding carboxylic acids is 1. The van der Waals surface area contributed by atoms with Gasteiger partial charge in [0.25, 0.3) is 10.0 Å². The van der Waals surface area contributed by atoms with Crippen molar-refractivity contribution >= 4 is 44.3 Å². The fourth-order valence-corrected chi connectivity index (χ4v) is 4.30. The molecule has 0 saturated carbocycles. The van der Waals surface area contributed by atoms with Gasteiger partial charge < -0.3 is 14.8 Å². The summed E-state index contributed by atoms with van der Waals surface area (Å²) < 4.78 is 37.8.